The quantitative estimate of drug-likeness (QED) is 0.747. The molecular weight excluding hydrogens is 362 g/mol. The molecule has 1 atom stereocenters. The molecule has 4 rings (SSSR count). The fourth-order valence-corrected chi connectivity index (χ4v) is 4.72. The SMILES string of the molecule is CS(=O)(=O)c1ccc(Cc2c3n(c4ccccc24)C(C(=O)O)CCC3)cc1. The summed E-state index contributed by atoms with van der Waals surface area (Å²) in [6.07, 6.45) is 4.21. The van der Waals surface area contributed by atoms with Gasteiger partial charge in [0.05, 0.1) is 4.90 Å². The van der Waals surface area contributed by atoms with E-state index in [0.717, 1.165) is 40.6 Å². The molecule has 1 unspecified atom stereocenters. The molecule has 140 valence electrons. The first-order chi connectivity index (χ1) is 12.9. The smallest absolute Gasteiger partial charge is 0.326 e. The maximum absolute atomic E-state index is 11.8. The maximum atomic E-state index is 11.8. The van der Waals surface area contributed by atoms with Crippen molar-refractivity contribution < 1.29 is 18.3 Å². The van der Waals surface area contributed by atoms with Crippen molar-refractivity contribution in [2.24, 2.45) is 0 Å². The lowest BCUT2D eigenvalue weighted by molar-refractivity contribution is -0.141. The minimum Gasteiger partial charge on any atom is -0.480 e. The first kappa shape index (κ1) is 17.8. The Morgan fingerprint density at radius 3 is 2.52 bits per heavy atom. The van der Waals surface area contributed by atoms with Crippen LogP contribution < -0.4 is 0 Å². The lowest BCUT2D eigenvalue weighted by atomic mass is 9.97. The lowest BCUT2D eigenvalue weighted by Crippen LogP contribution is -2.25. The van der Waals surface area contributed by atoms with Gasteiger partial charge in [-0.05, 0) is 55.0 Å². The zero-order valence-electron chi connectivity index (χ0n) is 15.1. The summed E-state index contributed by atoms with van der Waals surface area (Å²) in [6, 6.07) is 14.4. The van der Waals surface area contributed by atoms with Crippen LogP contribution in [0.5, 0.6) is 0 Å². The Labute approximate surface area is 158 Å². The van der Waals surface area contributed by atoms with Gasteiger partial charge >= 0.3 is 5.97 Å². The number of aromatic nitrogens is 1. The second-order valence-corrected chi connectivity index (χ2v) is 9.17. The molecule has 1 N–H and O–H groups in total. The van der Waals surface area contributed by atoms with Crippen LogP contribution in [-0.2, 0) is 27.5 Å². The number of carbonyl (C=O) groups is 1. The van der Waals surface area contributed by atoms with E-state index in [4.69, 9.17) is 0 Å². The minimum absolute atomic E-state index is 0.306. The van der Waals surface area contributed by atoms with Crippen molar-refractivity contribution in [1.29, 1.82) is 0 Å². The Bertz CT molecular complexity index is 1130. The second-order valence-electron chi connectivity index (χ2n) is 7.15. The first-order valence-corrected chi connectivity index (χ1v) is 10.9. The fourth-order valence-electron chi connectivity index (χ4n) is 4.09. The average molecular weight is 383 g/mol. The van der Waals surface area contributed by atoms with E-state index in [-0.39, 0.29) is 0 Å². The van der Waals surface area contributed by atoms with Crippen molar-refractivity contribution in [3.8, 4) is 0 Å². The van der Waals surface area contributed by atoms with Crippen LogP contribution >= 0.6 is 0 Å². The van der Waals surface area contributed by atoms with Gasteiger partial charge in [0, 0.05) is 22.9 Å². The van der Waals surface area contributed by atoms with Crippen molar-refractivity contribution in [3.63, 3.8) is 0 Å². The van der Waals surface area contributed by atoms with Crippen LogP contribution in [0.2, 0.25) is 0 Å². The third-order valence-electron chi connectivity index (χ3n) is 5.35. The number of carboxylic acids is 1. The fraction of sp³-hybridized carbons (Fsp3) is 0.286. The van der Waals surface area contributed by atoms with E-state index in [2.05, 4.69) is 0 Å². The standard InChI is InChI=1S/C21H21NO4S/c1-27(25,26)15-11-9-14(10-12-15)13-17-16-5-2-3-6-18(16)22-19(17)7-4-8-20(22)21(23)24/h2-3,5-6,9-12,20H,4,7-8,13H2,1H3,(H,23,24). The molecule has 0 fully saturated rings. The van der Waals surface area contributed by atoms with E-state index in [1.54, 1.807) is 12.1 Å². The van der Waals surface area contributed by atoms with Crippen molar-refractivity contribution in [3.05, 3.63) is 65.4 Å². The molecule has 6 heteroatoms. The van der Waals surface area contributed by atoms with Gasteiger partial charge in [0.25, 0.3) is 0 Å². The molecule has 1 aliphatic rings. The van der Waals surface area contributed by atoms with Crippen LogP contribution in [0.25, 0.3) is 10.9 Å². The van der Waals surface area contributed by atoms with Crippen molar-refractivity contribution in [1.82, 2.24) is 4.57 Å². The zero-order valence-corrected chi connectivity index (χ0v) is 15.9. The van der Waals surface area contributed by atoms with Crippen LogP contribution in [-0.4, -0.2) is 30.3 Å². The number of sulfone groups is 1. The van der Waals surface area contributed by atoms with E-state index < -0.39 is 21.8 Å². The number of hydrogen-bond acceptors (Lipinski definition) is 3. The van der Waals surface area contributed by atoms with E-state index >= 15 is 0 Å². The molecular formula is C21H21NO4S. The predicted molar refractivity (Wildman–Crippen MR) is 104 cm³/mol. The summed E-state index contributed by atoms with van der Waals surface area (Å²) < 4.78 is 25.3. The molecule has 2 heterocycles. The van der Waals surface area contributed by atoms with Gasteiger partial charge in [-0.15, -0.1) is 0 Å². The highest BCUT2D eigenvalue weighted by Crippen LogP contribution is 2.37. The summed E-state index contributed by atoms with van der Waals surface area (Å²) in [5.74, 6) is -0.791. The van der Waals surface area contributed by atoms with Gasteiger partial charge < -0.3 is 9.67 Å². The number of para-hydroxylation sites is 1. The van der Waals surface area contributed by atoms with Gasteiger partial charge in [-0.25, -0.2) is 13.2 Å². The summed E-state index contributed by atoms with van der Waals surface area (Å²) in [6.45, 7) is 0. The average Bonchev–Trinajstić information content (AvgIpc) is 2.96. The van der Waals surface area contributed by atoms with Gasteiger partial charge in [-0.3, -0.25) is 0 Å². The molecule has 0 bridgehead atoms. The molecule has 3 aromatic rings. The molecule has 0 aliphatic carbocycles. The first-order valence-electron chi connectivity index (χ1n) is 8.99. The van der Waals surface area contributed by atoms with E-state index in [0.29, 0.717) is 17.7 Å². The summed E-state index contributed by atoms with van der Waals surface area (Å²) >= 11 is 0. The summed E-state index contributed by atoms with van der Waals surface area (Å²) in [5.41, 5.74) is 4.20. The largest absolute Gasteiger partial charge is 0.480 e. The molecule has 2 aromatic carbocycles. The molecule has 5 nitrogen and oxygen atoms in total. The second kappa shape index (κ2) is 6.53. The van der Waals surface area contributed by atoms with Gasteiger partial charge in [0.15, 0.2) is 9.84 Å². The third-order valence-corrected chi connectivity index (χ3v) is 6.48. The van der Waals surface area contributed by atoms with Crippen LogP contribution in [0.1, 0.15) is 35.7 Å². The lowest BCUT2D eigenvalue weighted by Gasteiger charge is -2.24. The van der Waals surface area contributed by atoms with E-state index in [1.165, 1.54) is 6.26 Å². The molecule has 0 amide bonds. The van der Waals surface area contributed by atoms with Gasteiger partial charge in [-0.2, -0.15) is 0 Å². The van der Waals surface area contributed by atoms with Crippen LogP contribution in [0, 0.1) is 0 Å². The molecule has 1 aromatic heterocycles. The van der Waals surface area contributed by atoms with Crippen molar-refractivity contribution in [2.45, 2.75) is 36.6 Å². The number of hydrogen-bond donors (Lipinski definition) is 1. The molecule has 27 heavy (non-hydrogen) atoms. The molecule has 0 saturated heterocycles. The minimum atomic E-state index is -3.22. The maximum Gasteiger partial charge on any atom is 0.326 e. The highest BCUT2D eigenvalue weighted by Gasteiger charge is 2.30. The Morgan fingerprint density at radius 2 is 1.85 bits per heavy atom. The van der Waals surface area contributed by atoms with Crippen molar-refractivity contribution >= 4 is 26.7 Å². The number of nitrogens with zero attached hydrogens (tertiary/aromatic N) is 1. The summed E-state index contributed by atoms with van der Waals surface area (Å²) in [5, 5.41) is 10.7. The number of carboxylic acid groups (broad SMARTS) is 1. The third kappa shape index (κ3) is 3.14. The topological polar surface area (TPSA) is 76.4 Å². The molecule has 1 aliphatic heterocycles. The summed E-state index contributed by atoms with van der Waals surface area (Å²) in [4.78, 5) is 12.1. The van der Waals surface area contributed by atoms with Gasteiger partial charge in [0.1, 0.15) is 6.04 Å². The van der Waals surface area contributed by atoms with E-state index in [1.807, 2.05) is 41.0 Å². The predicted octanol–water partition coefficient (Wildman–Crippen LogP) is 3.60. The number of aliphatic carboxylic acids is 1. The molecule has 0 radical (unpaired) electrons. The number of benzene rings is 2. The highest BCUT2D eigenvalue weighted by atomic mass is 32.2. The van der Waals surface area contributed by atoms with Gasteiger partial charge in [0.2, 0.25) is 0 Å². The Hall–Kier alpha value is -2.60. The van der Waals surface area contributed by atoms with E-state index in [9.17, 15) is 18.3 Å². The van der Waals surface area contributed by atoms with Gasteiger partial charge in [-0.1, -0.05) is 30.3 Å². The Morgan fingerprint density at radius 1 is 1.15 bits per heavy atom. The monoisotopic (exact) mass is 383 g/mol. The van der Waals surface area contributed by atoms with Crippen LogP contribution in [0.3, 0.4) is 0 Å². The number of fused-ring (bicyclic) bond motifs is 3. The number of rotatable bonds is 4. The van der Waals surface area contributed by atoms with Crippen LogP contribution in [0.15, 0.2) is 53.4 Å². The normalized spacial score (nSPS) is 17.0. The molecule has 0 spiro atoms. The Kier molecular flexibility index (Phi) is 4.30. The Balaban J connectivity index is 1.82. The molecule has 0 saturated carbocycles. The van der Waals surface area contributed by atoms with Crippen molar-refractivity contribution in [2.75, 3.05) is 6.26 Å². The highest BCUT2D eigenvalue weighted by molar-refractivity contribution is 7.90. The summed E-state index contributed by atoms with van der Waals surface area (Å²) in [7, 11) is -3.22. The van der Waals surface area contributed by atoms with Crippen LogP contribution in [0.4, 0.5) is 0 Å². The zero-order chi connectivity index (χ0) is 19.2.